The second-order valence-corrected chi connectivity index (χ2v) is 7.11. The molecule has 0 saturated heterocycles. The molecule has 0 bridgehead atoms. The largest absolute Gasteiger partial charge is 0.283 e. The number of carbonyl (C=O) groups is 1. The Balaban J connectivity index is 1.83. The third kappa shape index (κ3) is 3.21. The fourth-order valence-electron chi connectivity index (χ4n) is 2.38. The molecule has 0 aliphatic carbocycles. The first-order valence-electron chi connectivity index (χ1n) is 7.56. The molecule has 1 heterocycles. The lowest BCUT2D eigenvalue weighted by Crippen LogP contribution is -2.18. The van der Waals surface area contributed by atoms with E-state index in [2.05, 4.69) is 30.4 Å². The van der Waals surface area contributed by atoms with E-state index in [-0.39, 0.29) is 5.91 Å². The molecular weight excluding hydrogens is 340 g/mol. The lowest BCUT2D eigenvalue weighted by atomic mass is 10.0. The molecule has 3 aromatic rings. The smallest absolute Gasteiger partial charge is 0.266 e. The van der Waals surface area contributed by atoms with Gasteiger partial charge < -0.3 is 0 Å². The minimum absolute atomic E-state index is 0.288. The Bertz CT molecular complexity index is 959. The molecule has 0 saturated carbocycles. The molecule has 122 valence electrons. The van der Waals surface area contributed by atoms with E-state index in [4.69, 9.17) is 11.6 Å². The number of aryl methyl sites for hydroxylation is 2. The van der Waals surface area contributed by atoms with E-state index in [0.29, 0.717) is 9.90 Å². The Labute approximate surface area is 150 Å². The summed E-state index contributed by atoms with van der Waals surface area (Å²) in [5.41, 5.74) is 6.77. The van der Waals surface area contributed by atoms with Gasteiger partial charge in [0.2, 0.25) is 0 Å². The predicted molar refractivity (Wildman–Crippen MR) is 102 cm³/mol. The molecule has 0 fully saturated rings. The van der Waals surface area contributed by atoms with Crippen LogP contribution in [0.25, 0.3) is 10.1 Å². The fourth-order valence-corrected chi connectivity index (χ4v) is 3.78. The Morgan fingerprint density at radius 1 is 1.12 bits per heavy atom. The number of benzene rings is 2. The minimum atomic E-state index is -0.288. The SMILES string of the molecule is CC(=NNC(=O)c1sc2ccccc2c1Cl)c1ccc(C)c(C)c1. The summed E-state index contributed by atoms with van der Waals surface area (Å²) in [6, 6.07) is 13.8. The number of rotatable bonds is 3. The third-order valence-corrected chi connectivity index (χ3v) is 5.67. The van der Waals surface area contributed by atoms with Crippen LogP contribution in [0.5, 0.6) is 0 Å². The molecule has 3 rings (SSSR count). The van der Waals surface area contributed by atoms with Gasteiger partial charge in [-0.15, -0.1) is 11.3 Å². The Morgan fingerprint density at radius 2 is 1.88 bits per heavy atom. The van der Waals surface area contributed by atoms with E-state index >= 15 is 0 Å². The summed E-state index contributed by atoms with van der Waals surface area (Å²) in [6.07, 6.45) is 0. The summed E-state index contributed by atoms with van der Waals surface area (Å²) in [7, 11) is 0. The van der Waals surface area contributed by atoms with Crippen molar-refractivity contribution in [2.75, 3.05) is 0 Å². The first-order chi connectivity index (χ1) is 11.5. The molecule has 0 unspecified atom stereocenters. The number of fused-ring (bicyclic) bond motifs is 1. The summed E-state index contributed by atoms with van der Waals surface area (Å²) in [5, 5.41) is 5.59. The van der Waals surface area contributed by atoms with Gasteiger partial charge in [-0.3, -0.25) is 4.79 Å². The van der Waals surface area contributed by atoms with Crippen molar-refractivity contribution in [3.05, 3.63) is 69.1 Å². The van der Waals surface area contributed by atoms with Crippen LogP contribution >= 0.6 is 22.9 Å². The number of thiophene rings is 1. The van der Waals surface area contributed by atoms with Crippen LogP contribution in [0.3, 0.4) is 0 Å². The molecule has 3 nitrogen and oxygen atoms in total. The van der Waals surface area contributed by atoms with Gasteiger partial charge in [0.25, 0.3) is 5.91 Å². The Morgan fingerprint density at radius 3 is 2.58 bits per heavy atom. The molecule has 24 heavy (non-hydrogen) atoms. The quantitative estimate of drug-likeness (QED) is 0.500. The van der Waals surface area contributed by atoms with E-state index in [9.17, 15) is 4.79 Å². The molecule has 0 spiro atoms. The first-order valence-corrected chi connectivity index (χ1v) is 8.76. The first kappa shape index (κ1) is 16.7. The molecule has 5 heteroatoms. The van der Waals surface area contributed by atoms with Crippen molar-refractivity contribution in [3.63, 3.8) is 0 Å². The van der Waals surface area contributed by atoms with Crippen molar-refractivity contribution in [3.8, 4) is 0 Å². The standard InChI is InChI=1S/C19H17ClN2OS/c1-11-8-9-14(10-12(11)2)13(3)21-22-19(23)18-17(20)15-6-4-5-7-16(15)24-18/h4-10H,1-3H3,(H,22,23). The fraction of sp³-hybridized carbons (Fsp3) is 0.158. The molecule has 0 aliphatic rings. The number of hydrazone groups is 1. The minimum Gasteiger partial charge on any atom is -0.266 e. The number of hydrogen-bond acceptors (Lipinski definition) is 3. The Hall–Kier alpha value is -2.17. The van der Waals surface area contributed by atoms with Crippen molar-refractivity contribution >= 4 is 44.6 Å². The summed E-state index contributed by atoms with van der Waals surface area (Å²) in [6.45, 7) is 6.00. The van der Waals surface area contributed by atoms with Gasteiger partial charge in [-0.1, -0.05) is 41.9 Å². The average molecular weight is 357 g/mol. The van der Waals surface area contributed by atoms with Crippen molar-refractivity contribution in [2.45, 2.75) is 20.8 Å². The van der Waals surface area contributed by atoms with E-state index < -0.39 is 0 Å². The highest BCUT2D eigenvalue weighted by atomic mass is 35.5. The van der Waals surface area contributed by atoms with E-state index in [1.54, 1.807) is 0 Å². The van der Waals surface area contributed by atoms with Crippen LogP contribution in [-0.2, 0) is 0 Å². The zero-order valence-corrected chi connectivity index (χ0v) is 15.3. The van der Waals surface area contributed by atoms with Gasteiger partial charge in [0.05, 0.1) is 10.7 Å². The summed E-state index contributed by atoms with van der Waals surface area (Å²) >= 11 is 7.69. The molecule has 0 radical (unpaired) electrons. The van der Waals surface area contributed by atoms with E-state index in [1.165, 1.54) is 22.5 Å². The maximum Gasteiger partial charge on any atom is 0.283 e. The molecule has 0 aliphatic heterocycles. The van der Waals surface area contributed by atoms with Crippen LogP contribution in [0.4, 0.5) is 0 Å². The van der Waals surface area contributed by atoms with Crippen LogP contribution in [0.2, 0.25) is 5.02 Å². The van der Waals surface area contributed by atoms with Gasteiger partial charge in [-0.2, -0.15) is 5.10 Å². The van der Waals surface area contributed by atoms with Crippen molar-refractivity contribution in [1.82, 2.24) is 5.43 Å². The highest BCUT2D eigenvalue weighted by Crippen LogP contribution is 2.34. The monoisotopic (exact) mass is 356 g/mol. The second-order valence-electron chi connectivity index (χ2n) is 5.68. The average Bonchev–Trinajstić information content (AvgIpc) is 2.92. The maximum absolute atomic E-state index is 12.4. The van der Waals surface area contributed by atoms with E-state index in [0.717, 1.165) is 21.4 Å². The summed E-state index contributed by atoms with van der Waals surface area (Å²) in [4.78, 5) is 12.9. The number of carbonyl (C=O) groups excluding carboxylic acids is 1. The lowest BCUT2D eigenvalue weighted by molar-refractivity contribution is 0.0959. The molecule has 1 N–H and O–H groups in total. The maximum atomic E-state index is 12.4. The predicted octanol–water partition coefficient (Wildman–Crippen LogP) is 5.33. The van der Waals surface area contributed by atoms with Gasteiger partial charge in [0, 0.05) is 10.1 Å². The molecule has 0 atom stereocenters. The number of nitrogens with one attached hydrogen (secondary N) is 1. The normalized spacial score (nSPS) is 11.8. The molecule has 1 amide bonds. The topological polar surface area (TPSA) is 41.5 Å². The zero-order valence-electron chi connectivity index (χ0n) is 13.7. The van der Waals surface area contributed by atoms with Gasteiger partial charge in [-0.25, -0.2) is 5.43 Å². The van der Waals surface area contributed by atoms with Crippen LogP contribution in [-0.4, -0.2) is 11.6 Å². The van der Waals surface area contributed by atoms with Gasteiger partial charge in [0.15, 0.2) is 0 Å². The highest BCUT2D eigenvalue weighted by Gasteiger charge is 2.16. The van der Waals surface area contributed by atoms with Crippen LogP contribution in [0.15, 0.2) is 47.6 Å². The van der Waals surface area contributed by atoms with Crippen LogP contribution in [0.1, 0.15) is 33.3 Å². The van der Waals surface area contributed by atoms with Crippen molar-refractivity contribution in [2.24, 2.45) is 5.10 Å². The van der Waals surface area contributed by atoms with Crippen LogP contribution in [0, 0.1) is 13.8 Å². The lowest BCUT2D eigenvalue weighted by Gasteiger charge is -2.05. The van der Waals surface area contributed by atoms with Gasteiger partial charge in [-0.05, 0) is 49.6 Å². The zero-order chi connectivity index (χ0) is 17.3. The Kier molecular flexibility index (Phi) is 4.69. The molecule has 1 aromatic heterocycles. The summed E-state index contributed by atoms with van der Waals surface area (Å²) in [5.74, 6) is -0.288. The van der Waals surface area contributed by atoms with Gasteiger partial charge in [0.1, 0.15) is 4.88 Å². The van der Waals surface area contributed by atoms with Gasteiger partial charge >= 0.3 is 0 Å². The highest BCUT2D eigenvalue weighted by molar-refractivity contribution is 7.21. The molecule has 2 aromatic carbocycles. The van der Waals surface area contributed by atoms with E-state index in [1.807, 2.05) is 43.3 Å². The molecular formula is C19H17ClN2OS. The van der Waals surface area contributed by atoms with Crippen LogP contribution < -0.4 is 5.43 Å². The number of halogens is 1. The summed E-state index contributed by atoms with van der Waals surface area (Å²) < 4.78 is 0.988. The third-order valence-electron chi connectivity index (χ3n) is 3.99. The number of nitrogens with zero attached hydrogens (tertiary/aromatic N) is 1. The number of amides is 1. The number of hydrogen-bond donors (Lipinski definition) is 1. The second kappa shape index (κ2) is 6.75. The van der Waals surface area contributed by atoms with Crippen molar-refractivity contribution < 1.29 is 4.79 Å². The van der Waals surface area contributed by atoms with Crippen molar-refractivity contribution in [1.29, 1.82) is 0 Å².